The van der Waals surface area contributed by atoms with Gasteiger partial charge in [0.15, 0.2) is 5.78 Å². The van der Waals surface area contributed by atoms with E-state index in [4.69, 9.17) is 0 Å². The highest BCUT2D eigenvalue weighted by atomic mass is 16.4. The number of benzene rings is 1. The molecule has 0 aromatic heterocycles. The lowest BCUT2D eigenvalue weighted by molar-refractivity contribution is -0.148. The number of ketones is 1. The van der Waals surface area contributed by atoms with Crippen molar-refractivity contribution in [3.63, 3.8) is 0 Å². The Morgan fingerprint density at radius 1 is 1.17 bits per heavy atom. The number of likely N-dealkylation sites (tertiary alicyclic amines) is 2. The fourth-order valence-electron chi connectivity index (χ4n) is 3.76. The molecule has 0 aliphatic carbocycles. The smallest absolute Gasteiger partial charge is 0.321 e. The number of urea groups is 1. The highest BCUT2D eigenvalue weighted by Crippen LogP contribution is 2.42. The van der Waals surface area contributed by atoms with Crippen molar-refractivity contribution >= 4 is 23.5 Å². The van der Waals surface area contributed by atoms with Crippen LogP contribution in [0.5, 0.6) is 0 Å². The molecule has 2 aliphatic rings. The summed E-state index contributed by atoms with van der Waals surface area (Å²) >= 11 is 0. The molecule has 2 saturated heterocycles. The molecule has 2 fully saturated rings. The maximum Gasteiger partial charge on any atom is 0.321 e. The van der Waals surface area contributed by atoms with E-state index in [0.29, 0.717) is 30.9 Å². The molecular weight excluding hydrogens is 310 g/mol. The number of Topliss-reactive ketones (excluding diaryl/α,β-unsaturated/α-hetero) is 1. The molecule has 7 heteroatoms. The number of carboxylic acids is 1. The van der Waals surface area contributed by atoms with E-state index in [9.17, 15) is 19.5 Å². The predicted octanol–water partition coefficient (Wildman–Crippen LogP) is 1.37. The number of hydrogen-bond acceptors (Lipinski definition) is 4. The first-order valence-corrected chi connectivity index (χ1v) is 7.91. The van der Waals surface area contributed by atoms with Crippen LogP contribution in [0, 0.1) is 11.3 Å². The van der Waals surface area contributed by atoms with Gasteiger partial charge in [-0.05, 0) is 38.2 Å². The van der Waals surface area contributed by atoms with Crippen molar-refractivity contribution in [2.75, 3.05) is 38.5 Å². The summed E-state index contributed by atoms with van der Waals surface area (Å²) in [4.78, 5) is 39.1. The zero-order valence-corrected chi connectivity index (χ0v) is 13.8. The number of nitrogens with one attached hydrogen (secondary N) is 1. The summed E-state index contributed by atoms with van der Waals surface area (Å²) in [5, 5.41) is 12.4. The van der Waals surface area contributed by atoms with Crippen molar-refractivity contribution in [1.29, 1.82) is 0 Å². The van der Waals surface area contributed by atoms with Gasteiger partial charge in [-0.2, -0.15) is 0 Å². The van der Waals surface area contributed by atoms with Gasteiger partial charge in [0.05, 0.1) is 0 Å². The minimum absolute atomic E-state index is 0.0345. The van der Waals surface area contributed by atoms with E-state index in [0.717, 1.165) is 0 Å². The lowest BCUT2D eigenvalue weighted by atomic mass is 9.81. The molecule has 2 N–H and O–H groups in total. The number of aliphatic carboxylic acids is 1. The summed E-state index contributed by atoms with van der Waals surface area (Å²) in [6, 6.07) is 6.36. The van der Waals surface area contributed by atoms with E-state index < -0.39 is 11.4 Å². The van der Waals surface area contributed by atoms with Gasteiger partial charge in [0, 0.05) is 43.3 Å². The zero-order valence-electron chi connectivity index (χ0n) is 13.8. The highest BCUT2D eigenvalue weighted by molar-refractivity contribution is 5.95. The van der Waals surface area contributed by atoms with E-state index in [2.05, 4.69) is 5.32 Å². The number of nitrogens with zero attached hydrogens (tertiary/aromatic N) is 2. The third-order valence-corrected chi connectivity index (χ3v) is 5.04. The minimum atomic E-state index is -0.870. The van der Waals surface area contributed by atoms with Gasteiger partial charge >= 0.3 is 12.0 Å². The summed E-state index contributed by atoms with van der Waals surface area (Å²) in [5.74, 6) is -0.920. The second kappa shape index (κ2) is 5.90. The first-order chi connectivity index (χ1) is 11.3. The van der Waals surface area contributed by atoms with E-state index in [-0.39, 0.29) is 24.3 Å². The highest BCUT2D eigenvalue weighted by Gasteiger charge is 2.57. The molecule has 7 nitrogen and oxygen atoms in total. The monoisotopic (exact) mass is 331 g/mol. The Kier molecular flexibility index (Phi) is 4.04. The van der Waals surface area contributed by atoms with Crippen LogP contribution in [0.4, 0.5) is 10.5 Å². The molecule has 0 radical (unpaired) electrons. The summed E-state index contributed by atoms with van der Waals surface area (Å²) in [6.07, 6.45) is 0. The molecule has 2 atom stereocenters. The quantitative estimate of drug-likeness (QED) is 0.817. The van der Waals surface area contributed by atoms with Gasteiger partial charge in [-0.3, -0.25) is 9.59 Å². The van der Waals surface area contributed by atoms with Crippen molar-refractivity contribution in [3.8, 4) is 0 Å². The van der Waals surface area contributed by atoms with Gasteiger partial charge in [-0.15, -0.1) is 0 Å². The van der Waals surface area contributed by atoms with Crippen LogP contribution in [-0.4, -0.2) is 65.9 Å². The van der Waals surface area contributed by atoms with Crippen LogP contribution < -0.4 is 5.32 Å². The van der Waals surface area contributed by atoms with Crippen molar-refractivity contribution in [2.24, 2.45) is 11.3 Å². The van der Waals surface area contributed by atoms with Crippen LogP contribution in [-0.2, 0) is 4.79 Å². The average molecular weight is 331 g/mol. The van der Waals surface area contributed by atoms with Crippen LogP contribution >= 0.6 is 0 Å². The first kappa shape index (κ1) is 16.4. The zero-order chi connectivity index (χ0) is 17.5. The van der Waals surface area contributed by atoms with E-state index in [1.807, 2.05) is 11.9 Å². The molecule has 0 bridgehead atoms. The van der Waals surface area contributed by atoms with Gasteiger partial charge in [-0.25, -0.2) is 4.79 Å². The Morgan fingerprint density at radius 2 is 1.83 bits per heavy atom. The molecule has 1 aromatic carbocycles. The fraction of sp³-hybridized carbons (Fsp3) is 0.471. The Bertz CT molecular complexity index is 688. The Hall–Kier alpha value is -2.41. The first-order valence-electron chi connectivity index (χ1n) is 7.91. The van der Waals surface area contributed by atoms with E-state index in [1.54, 1.807) is 29.2 Å². The summed E-state index contributed by atoms with van der Waals surface area (Å²) in [7, 11) is 1.91. The Morgan fingerprint density at radius 3 is 2.38 bits per heavy atom. The lowest BCUT2D eigenvalue weighted by Gasteiger charge is -2.24. The number of carboxylic acid groups (broad SMARTS) is 1. The average Bonchev–Trinajstić information content (AvgIpc) is 3.01. The third-order valence-electron chi connectivity index (χ3n) is 5.04. The molecular formula is C17H21N3O4. The summed E-state index contributed by atoms with van der Waals surface area (Å²) in [6.45, 7) is 3.29. The Balaban J connectivity index is 1.69. The van der Waals surface area contributed by atoms with Crippen LogP contribution in [0.25, 0.3) is 0 Å². The topological polar surface area (TPSA) is 90.0 Å². The number of rotatable bonds is 3. The summed E-state index contributed by atoms with van der Waals surface area (Å²) in [5.41, 5.74) is 0.296. The van der Waals surface area contributed by atoms with E-state index >= 15 is 0 Å². The maximum absolute atomic E-state index is 12.5. The lowest BCUT2D eigenvalue weighted by Crippen LogP contribution is -2.42. The Labute approximate surface area is 140 Å². The second-order valence-electron chi connectivity index (χ2n) is 6.80. The van der Waals surface area contributed by atoms with Crippen molar-refractivity contribution in [3.05, 3.63) is 29.8 Å². The molecule has 0 unspecified atom stereocenters. The SMILES string of the molecule is CC(=O)c1ccc(NC(=O)N2C[C@@H]3CN(C)C[C@]3(C(=O)O)C2)cc1. The number of hydrogen-bond donors (Lipinski definition) is 2. The van der Waals surface area contributed by atoms with Crippen LogP contribution in [0.1, 0.15) is 17.3 Å². The molecule has 2 aliphatic heterocycles. The molecule has 1 aromatic rings. The molecule has 2 heterocycles. The van der Waals surface area contributed by atoms with Gasteiger partial charge in [0.25, 0.3) is 0 Å². The number of amides is 2. The molecule has 128 valence electrons. The number of carbonyl (C=O) groups excluding carboxylic acids is 2. The minimum Gasteiger partial charge on any atom is -0.481 e. The van der Waals surface area contributed by atoms with Crippen molar-refractivity contribution < 1.29 is 19.5 Å². The number of carbonyl (C=O) groups is 3. The molecule has 2 amide bonds. The largest absolute Gasteiger partial charge is 0.481 e. The fourth-order valence-corrected chi connectivity index (χ4v) is 3.76. The van der Waals surface area contributed by atoms with Crippen molar-refractivity contribution in [2.45, 2.75) is 6.92 Å². The van der Waals surface area contributed by atoms with Gasteiger partial charge in [-0.1, -0.05) is 0 Å². The molecule has 0 saturated carbocycles. The van der Waals surface area contributed by atoms with Crippen LogP contribution in [0.15, 0.2) is 24.3 Å². The van der Waals surface area contributed by atoms with Gasteiger partial charge < -0.3 is 20.2 Å². The third kappa shape index (κ3) is 2.75. The predicted molar refractivity (Wildman–Crippen MR) is 88.1 cm³/mol. The molecule has 0 spiro atoms. The van der Waals surface area contributed by atoms with Gasteiger partial charge in [0.2, 0.25) is 0 Å². The van der Waals surface area contributed by atoms with Crippen LogP contribution in [0.2, 0.25) is 0 Å². The number of anilines is 1. The molecule has 3 rings (SSSR count). The van der Waals surface area contributed by atoms with E-state index in [1.165, 1.54) is 6.92 Å². The van der Waals surface area contributed by atoms with Crippen LogP contribution in [0.3, 0.4) is 0 Å². The maximum atomic E-state index is 12.5. The second-order valence-corrected chi connectivity index (χ2v) is 6.80. The summed E-state index contributed by atoms with van der Waals surface area (Å²) < 4.78 is 0. The number of fused-ring (bicyclic) bond motifs is 1. The standard InChI is InChI=1S/C17H21N3O4/c1-11(21)12-3-5-14(6-4-12)18-16(24)20-8-13-7-19(2)9-17(13,10-20)15(22)23/h3-6,13H,7-10H2,1-2H3,(H,18,24)(H,22,23)/t13-,17-/m0/s1. The van der Waals surface area contributed by atoms with Gasteiger partial charge in [0.1, 0.15) is 5.41 Å². The molecule has 24 heavy (non-hydrogen) atoms. The normalized spacial score (nSPS) is 26.2. The van der Waals surface area contributed by atoms with Crippen molar-refractivity contribution in [1.82, 2.24) is 9.80 Å².